The van der Waals surface area contributed by atoms with Crippen LogP contribution in [0.15, 0.2) is 36.5 Å². The normalized spacial score (nSPS) is 14.0. The summed E-state index contributed by atoms with van der Waals surface area (Å²) in [6, 6.07) is 9.36. The zero-order valence-corrected chi connectivity index (χ0v) is 11.5. The predicted octanol–water partition coefficient (Wildman–Crippen LogP) is 1.68. The van der Waals surface area contributed by atoms with E-state index in [1.807, 2.05) is 29.2 Å². The van der Waals surface area contributed by atoms with Gasteiger partial charge in [0.2, 0.25) is 0 Å². The lowest BCUT2D eigenvalue weighted by atomic mass is 10.2. The largest absolute Gasteiger partial charge is 0.491 e. The number of hydrogen-bond donors (Lipinski definition) is 2. The quantitative estimate of drug-likeness (QED) is 0.875. The van der Waals surface area contributed by atoms with E-state index in [0.29, 0.717) is 12.4 Å². The van der Waals surface area contributed by atoms with Gasteiger partial charge in [0.05, 0.1) is 29.7 Å². The number of pyridine rings is 1. The van der Waals surface area contributed by atoms with Gasteiger partial charge in [0.15, 0.2) is 0 Å². The molecule has 0 saturated heterocycles. The van der Waals surface area contributed by atoms with Crippen LogP contribution in [0.2, 0.25) is 0 Å². The molecule has 0 bridgehead atoms. The van der Waals surface area contributed by atoms with Crippen LogP contribution >= 0.6 is 0 Å². The summed E-state index contributed by atoms with van der Waals surface area (Å²) in [5, 5.41) is 0. The third-order valence-electron chi connectivity index (χ3n) is 3.40. The van der Waals surface area contributed by atoms with Crippen LogP contribution in [0, 0.1) is 0 Å². The van der Waals surface area contributed by atoms with Gasteiger partial charge in [0, 0.05) is 6.54 Å². The minimum absolute atomic E-state index is 0.280. The molecule has 0 unspecified atom stereocenters. The molecule has 0 fully saturated rings. The van der Waals surface area contributed by atoms with Gasteiger partial charge >= 0.3 is 0 Å². The molecule has 0 spiro atoms. The maximum atomic E-state index is 11.4. The highest BCUT2D eigenvalue weighted by Gasteiger charge is 2.20. The fourth-order valence-electron chi connectivity index (χ4n) is 2.38. The summed E-state index contributed by atoms with van der Waals surface area (Å²) in [7, 11) is 0. The van der Waals surface area contributed by atoms with Crippen molar-refractivity contribution in [2.45, 2.75) is 6.42 Å². The Bertz CT molecular complexity index is 687. The number of ether oxygens (including phenoxy) is 1. The summed E-state index contributed by atoms with van der Waals surface area (Å²) in [5.74, 6) is 0.876. The van der Waals surface area contributed by atoms with Crippen molar-refractivity contribution >= 4 is 23.1 Å². The first-order valence-corrected chi connectivity index (χ1v) is 6.71. The molecule has 2 heterocycles. The van der Waals surface area contributed by atoms with Gasteiger partial charge < -0.3 is 21.1 Å². The smallest absolute Gasteiger partial charge is 0.250 e. The Morgan fingerprint density at radius 3 is 2.95 bits per heavy atom. The second-order valence-corrected chi connectivity index (χ2v) is 4.82. The molecule has 1 aromatic heterocycles. The van der Waals surface area contributed by atoms with Crippen molar-refractivity contribution in [2.24, 2.45) is 5.73 Å². The van der Waals surface area contributed by atoms with Crippen molar-refractivity contribution in [3.8, 4) is 5.75 Å². The molecular weight excluding hydrogens is 268 g/mol. The second kappa shape index (κ2) is 5.32. The van der Waals surface area contributed by atoms with Gasteiger partial charge in [-0.2, -0.15) is 0 Å². The van der Waals surface area contributed by atoms with E-state index in [4.69, 9.17) is 16.2 Å². The average Bonchev–Trinajstić information content (AvgIpc) is 2.70. The lowest BCUT2D eigenvalue weighted by Crippen LogP contribution is -2.21. The number of rotatable bonds is 2. The number of benzene rings is 1. The molecule has 2 aromatic rings. The number of fused-ring (bicyclic) bond motifs is 1. The lowest BCUT2D eigenvalue weighted by molar-refractivity contribution is 0.100. The van der Waals surface area contributed by atoms with Crippen LogP contribution in [0.25, 0.3) is 0 Å². The van der Waals surface area contributed by atoms with Crippen molar-refractivity contribution in [2.75, 3.05) is 23.8 Å². The number of primary amides is 1. The van der Waals surface area contributed by atoms with Gasteiger partial charge in [-0.1, -0.05) is 12.1 Å². The van der Waals surface area contributed by atoms with E-state index in [-0.39, 0.29) is 11.3 Å². The number of nitrogens with two attached hydrogens (primary N) is 2. The Balaban J connectivity index is 2.08. The van der Waals surface area contributed by atoms with Crippen LogP contribution in [0.4, 0.5) is 17.2 Å². The number of para-hydroxylation sites is 2. The molecule has 4 N–H and O–H groups in total. The third kappa shape index (κ3) is 2.47. The summed E-state index contributed by atoms with van der Waals surface area (Å²) < 4.78 is 5.72. The van der Waals surface area contributed by atoms with Gasteiger partial charge in [0.1, 0.15) is 11.6 Å². The number of hydrogen-bond acceptors (Lipinski definition) is 5. The van der Waals surface area contributed by atoms with Crippen LogP contribution < -0.4 is 21.1 Å². The van der Waals surface area contributed by atoms with Crippen molar-refractivity contribution in [1.82, 2.24) is 4.98 Å². The van der Waals surface area contributed by atoms with Gasteiger partial charge in [-0.15, -0.1) is 0 Å². The van der Waals surface area contributed by atoms with Gasteiger partial charge in [-0.05, 0) is 24.6 Å². The van der Waals surface area contributed by atoms with Gasteiger partial charge in [-0.3, -0.25) is 4.79 Å². The molecule has 3 rings (SSSR count). The maximum Gasteiger partial charge on any atom is 0.250 e. The minimum Gasteiger partial charge on any atom is -0.491 e. The Labute approximate surface area is 122 Å². The molecule has 6 nitrogen and oxygen atoms in total. The first-order valence-electron chi connectivity index (χ1n) is 6.71. The molecule has 0 atom stereocenters. The highest BCUT2D eigenvalue weighted by Crippen LogP contribution is 2.35. The molecular formula is C15H16N4O2. The number of aromatic nitrogens is 1. The van der Waals surface area contributed by atoms with Gasteiger partial charge in [0.25, 0.3) is 5.91 Å². The zero-order valence-electron chi connectivity index (χ0n) is 11.5. The van der Waals surface area contributed by atoms with Crippen molar-refractivity contribution in [3.63, 3.8) is 0 Å². The van der Waals surface area contributed by atoms with Crippen LogP contribution in [0.3, 0.4) is 0 Å². The van der Waals surface area contributed by atoms with Crippen LogP contribution in [0.1, 0.15) is 16.8 Å². The number of amides is 1. The molecule has 1 aliphatic rings. The van der Waals surface area contributed by atoms with E-state index < -0.39 is 5.91 Å². The number of carbonyl (C=O) groups is 1. The van der Waals surface area contributed by atoms with E-state index in [0.717, 1.165) is 24.4 Å². The summed E-state index contributed by atoms with van der Waals surface area (Å²) in [6.07, 6.45) is 2.32. The summed E-state index contributed by atoms with van der Waals surface area (Å²) in [6.45, 7) is 1.39. The Kier molecular flexibility index (Phi) is 3.35. The molecule has 6 heteroatoms. The Morgan fingerprint density at radius 2 is 2.14 bits per heavy atom. The molecule has 0 saturated carbocycles. The standard InChI is InChI=1S/C15H16N4O2/c16-11-9-18-14(8-10(11)15(17)20)19-6-3-7-21-13-5-2-1-4-12(13)19/h1-2,4-5,8-9H,3,6-7,16H2,(H2,17,20). The van der Waals surface area contributed by atoms with Crippen LogP contribution in [-0.2, 0) is 0 Å². The SMILES string of the molecule is NC(=O)c1cc(N2CCCOc3ccccc32)ncc1N. The highest BCUT2D eigenvalue weighted by atomic mass is 16.5. The predicted molar refractivity (Wildman–Crippen MR) is 80.7 cm³/mol. The van der Waals surface area contributed by atoms with E-state index in [1.165, 1.54) is 6.20 Å². The number of anilines is 3. The minimum atomic E-state index is -0.560. The average molecular weight is 284 g/mol. The van der Waals surface area contributed by atoms with E-state index in [9.17, 15) is 4.79 Å². The number of nitrogen functional groups attached to an aromatic ring is 1. The van der Waals surface area contributed by atoms with E-state index >= 15 is 0 Å². The molecule has 0 aliphatic carbocycles. The van der Waals surface area contributed by atoms with Crippen LogP contribution in [0.5, 0.6) is 5.75 Å². The molecule has 1 aliphatic heterocycles. The monoisotopic (exact) mass is 284 g/mol. The van der Waals surface area contributed by atoms with Crippen molar-refractivity contribution in [1.29, 1.82) is 0 Å². The molecule has 1 aromatic carbocycles. The lowest BCUT2D eigenvalue weighted by Gasteiger charge is -2.23. The molecule has 0 radical (unpaired) electrons. The number of carbonyl (C=O) groups excluding carboxylic acids is 1. The van der Waals surface area contributed by atoms with Crippen molar-refractivity contribution in [3.05, 3.63) is 42.1 Å². The fourth-order valence-corrected chi connectivity index (χ4v) is 2.38. The Hall–Kier alpha value is -2.76. The number of nitrogens with zero attached hydrogens (tertiary/aromatic N) is 2. The summed E-state index contributed by atoms with van der Waals surface area (Å²) >= 11 is 0. The highest BCUT2D eigenvalue weighted by molar-refractivity contribution is 5.98. The summed E-state index contributed by atoms with van der Waals surface area (Å²) in [5.41, 5.74) is 12.6. The third-order valence-corrected chi connectivity index (χ3v) is 3.40. The zero-order chi connectivity index (χ0) is 14.8. The molecule has 108 valence electrons. The Morgan fingerprint density at radius 1 is 1.33 bits per heavy atom. The first kappa shape index (κ1) is 13.2. The summed E-state index contributed by atoms with van der Waals surface area (Å²) in [4.78, 5) is 17.8. The fraction of sp³-hybridized carbons (Fsp3) is 0.200. The van der Waals surface area contributed by atoms with Crippen LogP contribution in [-0.4, -0.2) is 24.0 Å². The first-order chi connectivity index (χ1) is 10.2. The molecule has 1 amide bonds. The van der Waals surface area contributed by atoms with Gasteiger partial charge in [-0.25, -0.2) is 4.98 Å². The van der Waals surface area contributed by atoms with E-state index in [2.05, 4.69) is 4.98 Å². The van der Waals surface area contributed by atoms with E-state index in [1.54, 1.807) is 6.07 Å². The second-order valence-electron chi connectivity index (χ2n) is 4.82. The molecule has 21 heavy (non-hydrogen) atoms. The van der Waals surface area contributed by atoms with Crippen molar-refractivity contribution < 1.29 is 9.53 Å². The maximum absolute atomic E-state index is 11.4. The topological polar surface area (TPSA) is 94.5 Å².